The molecule has 0 nitrogen and oxygen atoms in total. The fraction of sp³-hybridized carbons (Fsp3) is 0.360. The van der Waals surface area contributed by atoms with Gasteiger partial charge in [-0.25, -0.2) is 0 Å². The third kappa shape index (κ3) is 3.89. The first-order valence-electron chi connectivity index (χ1n) is 10.7. The summed E-state index contributed by atoms with van der Waals surface area (Å²) in [6, 6.07) is 13.5. The zero-order valence-corrected chi connectivity index (χ0v) is 25.8. The van der Waals surface area contributed by atoms with E-state index in [0.29, 0.717) is 16.6 Å². The smallest absolute Gasteiger partial charge is 0.107 e. The van der Waals surface area contributed by atoms with Crippen molar-refractivity contribution in [2.24, 2.45) is 0 Å². The van der Waals surface area contributed by atoms with E-state index in [1.807, 2.05) is 22.7 Å². The maximum atomic E-state index is 6.55. The average molecular weight is 662 g/mol. The molecule has 0 unspecified atom stereocenters. The van der Waals surface area contributed by atoms with Gasteiger partial charge in [0.1, 0.15) is 8.07 Å². The molecule has 0 bridgehead atoms. The molecule has 0 radical (unpaired) electrons. The lowest BCUT2D eigenvalue weighted by atomic mass is 10.0. The fourth-order valence-corrected chi connectivity index (χ4v) is 18.5. The minimum atomic E-state index is -1.71. The van der Waals surface area contributed by atoms with Gasteiger partial charge in [0.25, 0.3) is 0 Å². The highest BCUT2D eigenvalue weighted by atomic mass is 127. The molecule has 0 aliphatic heterocycles. The predicted molar refractivity (Wildman–Crippen MR) is 159 cm³/mol. The Morgan fingerprint density at radius 1 is 0.806 bits per heavy atom. The molecule has 4 rings (SSSR count). The molecule has 0 fully saturated rings. The highest BCUT2D eigenvalue weighted by molar-refractivity contribution is 14.1. The maximum Gasteiger partial charge on any atom is 0.107 e. The van der Waals surface area contributed by atoms with Crippen LogP contribution < -0.4 is 4.50 Å². The van der Waals surface area contributed by atoms with Crippen LogP contribution in [0.1, 0.15) is 41.5 Å². The zero-order chi connectivity index (χ0) is 22.7. The van der Waals surface area contributed by atoms with Crippen LogP contribution in [0.4, 0.5) is 0 Å². The van der Waals surface area contributed by atoms with Crippen LogP contribution in [0.3, 0.4) is 0 Å². The predicted octanol–water partition coefficient (Wildman–Crippen LogP) is 10.7. The number of hydrogen-bond acceptors (Lipinski definition) is 2. The Hall–Kier alpha value is 0.0769. The van der Waals surface area contributed by atoms with E-state index in [-0.39, 0.29) is 0 Å². The van der Waals surface area contributed by atoms with E-state index in [9.17, 15) is 0 Å². The first-order chi connectivity index (χ1) is 14.6. The molecule has 0 N–H and O–H groups in total. The van der Waals surface area contributed by atoms with E-state index in [2.05, 4.69) is 116 Å². The van der Waals surface area contributed by atoms with Gasteiger partial charge in [-0.1, -0.05) is 65.3 Å². The Morgan fingerprint density at radius 3 is 2.03 bits per heavy atom. The Labute approximate surface area is 221 Å². The van der Waals surface area contributed by atoms with Crippen LogP contribution in [0.5, 0.6) is 0 Å². The van der Waals surface area contributed by atoms with Gasteiger partial charge in [-0.2, -0.15) is 0 Å². The second-order valence-electron chi connectivity index (χ2n) is 9.23. The Morgan fingerprint density at radius 2 is 1.42 bits per heavy atom. The fourth-order valence-electron chi connectivity index (χ4n) is 5.66. The summed E-state index contributed by atoms with van der Waals surface area (Å²) < 4.78 is 6.77. The van der Waals surface area contributed by atoms with Crippen LogP contribution in [-0.2, 0) is 0 Å². The molecule has 31 heavy (non-hydrogen) atoms. The van der Waals surface area contributed by atoms with Crippen LogP contribution in [0.15, 0.2) is 40.9 Å². The molecule has 0 aliphatic rings. The second kappa shape index (κ2) is 9.03. The second-order valence-corrected chi connectivity index (χ2v) is 20.7. The van der Waals surface area contributed by atoms with Gasteiger partial charge in [0, 0.05) is 35.2 Å². The Balaban J connectivity index is 2.05. The molecule has 0 amide bonds. The van der Waals surface area contributed by atoms with Gasteiger partial charge in [-0.3, -0.25) is 0 Å². The van der Waals surface area contributed by atoms with Gasteiger partial charge >= 0.3 is 0 Å². The van der Waals surface area contributed by atoms with Gasteiger partial charge in [-0.15, -0.1) is 22.7 Å². The molecule has 2 aromatic carbocycles. The number of rotatable bonds is 5. The Bertz CT molecular complexity index is 1250. The van der Waals surface area contributed by atoms with Crippen molar-refractivity contribution in [1.82, 2.24) is 0 Å². The quantitative estimate of drug-likeness (QED) is 0.148. The standard InChI is InChI=1S/C25H27BrClIS2Si/c1-13(2)31(14(3)4,15(5)6)23-12-18-16(7-9-20(26)25(18)30-23)17-8-10-21(27)19-11-22(28)29-24(17)19/h7-15H,1-6H3. The molecule has 0 aliphatic carbocycles. The van der Waals surface area contributed by atoms with Crippen LogP contribution in [-0.4, -0.2) is 8.07 Å². The monoisotopic (exact) mass is 660 g/mol. The molecule has 164 valence electrons. The van der Waals surface area contributed by atoms with Crippen LogP contribution in [0, 0.1) is 2.88 Å². The number of fused-ring (bicyclic) bond motifs is 2. The molecule has 6 heteroatoms. The third-order valence-electron chi connectivity index (χ3n) is 6.82. The highest BCUT2D eigenvalue weighted by Crippen LogP contribution is 2.47. The number of halogens is 3. The SMILES string of the molecule is CC(C)[Si](c1cc2c(-c3ccc(Cl)c4cc(I)sc34)ccc(Br)c2s1)(C(C)C)C(C)C. The topological polar surface area (TPSA) is 0 Å². The summed E-state index contributed by atoms with van der Waals surface area (Å²) >= 11 is 16.7. The van der Waals surface area contributed by atoms with E-state index in [0.717, 1.165) is 10.4 Å². The molecule has 0 saturated heterocycles. The first-order valence-corrected chi connectivity index (χ1v) is 16.8. The van der Waals surface area contributed by atoms with Crippen molar-refractivity contribution in [2.75, 3.05) is 0 Å². The van der Waals surface area contributed by atoms with Gasteiger partial charge < -0.3 is 0 Å². The van der Waals surface area contributed by atoms with E-state index in [1.165, 1.54) is 33.3 Å². The van der Waals surface area contributed by atoms with Crippen LogP contribution in [0.25, 0.3) is 31.3 Å². The third-order valence-corrected chi connectivity index (χ3v) is 19.1. The summed E-state index contributed by atoms with van der Waals surface area (Å²) in [5.41, 5.74) is 4.71. The lowest BCUT2D eigenvalue weighted by molar-refractivity contribution is 0.837. The molecule has 4 aromatic rings. The average Bonchev–Trinajstić information content (AvgIpc) is 3.28. The van der Waals surface area contributed by atoms with Crippen molar-refractivity contribution in [3.8, 4) is 11.1 Å². The van der Waals surface area contributed by atoms with E-state index < -0.39 is 8.07 Å². The Kier molecular flexibility index (Phi) is 7.05. The molecule has 0 saturated carbocycles. The van der Waals surface area contributed by atoms with Gasteiger partial charge in [0.15, 0.2) is 0 Å². The summed E-state index contributed by atoms with van der Waals surface area (Å²) in [6.45, 7) is 14.7. The summed E-state index contributed by atoms with van der Waals surface area (Å²) in [6.07, 6.45) is 0. The number of benzene rings is 2. The van der Waals surface area contributed by atoms with Crippen LogP contribution >= 0.6 is 72.8 Å². The normalized spacial score (nSPS) is 12.9. The summed E-state index contributed by atoms with van der Waals surface area (Å²) in [5, 5.41) is 3.37. The minimum absolute atomic E-state index is 0.698. The molecule has 0 spiro atoms. The molecule has 2 aromatic heterocycles. The molecule has 0 atom stereocenters. The van der Waals surface area contributed by atoms with Crippen molar-refractivity contribution in [3.63, 3.8) is 0 Å². The van der Waals surface area contributed by atoms with Crippen molar-refractivity contribution in [2.45, 2.75) is 58.2 Å². The maximum absolute atomic E-state index is 6.55. The summed E-state index contributed by atoms with van der Waals surface area (Å²) in [7, 11) is -1.71. The number of hydrogen-bond donors (Lipinski definition) is 0. The lowest BCUT2D eigenvalue weighted by Gasteiger charge is -2.42. The zero-order valence-electron chi connectivity index (χ0n) is 18.6. The van der Waals surface area contributed by atoms with E-state index in [1.54, 1.807) is 4.50 Å². The van der Waals surface area contributed by atoms with Gasteiger partial charge in [0.05, 0.1) is 2.88 Å². The highest BCUT2D eigenvalue weighted by Gasteiger charge is 2.45. The van der Waals surface area contributed by atoms with Gasteiger partial charge in [-0.05, 0) is 89.5 Å². The first kappa shape index (κ1) is 24.2. The largest absolute Gasteiger partial charge is 0.144 e. The van der Waals surface area contributed by atoms with Crippen LogP contribution in [0.2, 0.25) is 21.6 Å². The van der Waals surface area contributed by atoms with Crippen molar-refractivity contribution < 1.29 is 0 Å². The van der Waals surface area contributed by atoms with Gasteiger partial charge in [0.2, 0.25) is 0 Å². The minimum Gasteiger partial charge on any atom is -0.144 e. The van der Waals surface area contributed by atoms with Crippen molar-refractivity contribution in [1.29, 1.82) is 0 Å². The van der Waals surface area contributed by atoms with E-state index >= 15 is 0 Å². The molecular weight excluding hydrogens is 635 g/mol. The molecular formula is C25H27BrClIS2Si. The van der Waals surface area contributed by atoms with Crippen molar-refractivity contribution >= 4 is 106 Å². The molecule has 2 heterocycles. The number of thiophene rings is 2. The lowest BCUT2D eigenvalue weighted by Crippen LogP contribution is -2.54. The van der Waals surface area contributed by atoms with Crippen molar-refractivity contribution in [3.05, 3.63) is 48.8 Å². The summed E-state index contributed by atoms with van der Waals surface area (Å²) in [4.78, 5) is 0. The van der Waals surface area contributed by atoms with E-state index in [4.69, 9.17) is 11.6 Å². The summed E-state index contributed by atoms with van der Waals surface area (Å²) in [5.74, 6) is 0.